The van der Waals surface area contributed by atoms with Crippen LogP contribution in [-0.4, -0.2) is 15.3 Å². The SMILES string of the molecule is [C-]#[N+]c1c(C(C)=O)c(-c2ccccc2)c([N+](=O)[O-])c2c1c1ccccc1n2Cc1ccccc1. The van der Waals surface area contributed by atoms with Gasteiger partial charge in [0.1, 0.15) is 11.3 Å². The highest BCUT2D eigenvalue weighted by Gasteiger charge is 2.33. The smallest absolute Gasteiger partial charge is 0.299 e. The van der Waals surface area contributed by atoms with Crippen LogP contribution in [-0.2, 0) is 6.54 Å². The molecule has 0 aliphatic carbocycles. The fraction of sp³-hybridized carbons (Fsp3) is 0.0714. The van der Waals surface area contributed by atoms with Gasteiger partial charge in [-0.3, -0.25) is 14.9 Å². The van der Waals surface area contributed by atoms with Gasteiger partial charge in [0.05, 0.1) is 17.1 Å². The van der Waals surface area contributed by atoms with Crippen LogP contribution in [0.3, 0.4) is 0 Å². The number of Topliss-reactive ketones (excluding diaryl/α,β-unsaturated/α-hetero) is 1. The molecule has 0 aliphatic heterocycles. The van der Waals surface area contributed by atoms with Crippen molar-refractivity contribution in [1.82, 2.24) is 4.57 Å². The Bertz CT molecular complexity index is 1630. The van der Waals surface area contributed by atoms with Gasteiger partial charge in [-0.2, -0.15) is 0 Å². The van der Waals surface area contributed by atoms with E-state index in [1.165, 1.54) is 6.92 Å². The van der Waals surface area contributed by atoms with Crippen LogP contribution in [0.4, 0.5) is 11.4 Å². The largest absolute Gasteiger partial charge is 0.331 e. The predicted molar refractivity (Wildman–Crippen MR) is 133 cm³/mol. The number of hydrogen-bond acceptors (Lipinski definition) is 3. The van der Waals surface area contributed by atoms with Crippen LogP contribution in [0.25, 0.3) is 37.8 Å². The number of aromatic nitrogens is 1. The minimum Gasteiger partial charge on any atom is -0.331 e. The Kier molecular flexibility index (Phi) is 5.15. The Morgan fingerprint density at radius 3 is 2.21 bits per heavy atom. The number of ketones is 1. The molecule has 0 radical (unpaired) electrons. The van der Waals surface area contributed by atoms with Gasteiger partial charge in [-0.1, -0.05) is 78.9 Å². The van der Waals surface area contributed by atoms with Crippen LogP contribution in [0.1, 0.15) is 22.8 Å². The molecule has 1 aromatic heterocycles. The van der Waals surface area contributed by atoms with Gasteiger partial charge in [-0.25, -0.2) is 4.85 Å². The van der Waals surface area contributed by atoms with Crippen molar-refractivity contribution < 1.29 is 9.72 Å². The first kappa shape index (κ1) is 21.1. The van der Waals surface area contributed by atoms with E-state index in [2.05, 4.69) is 4.85 Å². The van der Waals surface area contributed by atoms with E-state index < -0.39 is 4.92 Å². The molecule has 0 atom stereocenters. The molecule has 0 saturated heterocycles. The summed E-state index contributed by atoms with van der Waals surface area (Å²) < 4.78 is 1.89. The quantitative estimate of drug-likeness (QED) is 0.125. The molecule has 0 saturated carbocycles. The molecule has 4 aromatic carbocycles. The number of para-hydroxylation sites is 1. The van der Waals surface area contributed by atoms with E-state index in [1.807, 2.05) is 65.2 Å². The zero-order valence-corrected chi connectivity index (χ0v) is 18.4. The standard InChI is InChI=1S/C28H19N3O3/c1-18(32)23-24(20-13-7-4-8-14-20)28(31(33)34)27-25(26(23)29-2)21-15-9-10-16-22(21)30(27)17-19-11-5-3-6-12-19/h3-16H,17H2,1H3. The minimum absolute atomic E-state index is 0.0861. The molecule has 6 nitrogen and oxygen atoms in total. The van der Waals surface area contributed by atoms with Gasteiger partial charge < -0.3 is 4.57 Å². The molecule has 5 aromatic rings. The second kappa shape index (κ2) is 8.30. The number of nitro groups is 1. The number of nitrogens with zero attached hydrogens (tertiary/aromatic N) is 3. The van der Waals surface area contributed by atoms with Crippen LogP contribution in [0.2, 0.25) is 0 Å². The van der Waals surface area contributed by atoms with E-state index in [9.17, 15) is 14.9 Å². The summed E-state index contributed by atoms with van der Waals surface area (Å²) in [5.41, 5.74) is 2.89. The van der Waals surface area contributed by atoms with E-state index in [4.69, 9.17) is 6.57 Å². The Labute approximate surface area is 195 Å². The highest BCUT2D eigenvalue weighted by atomic mass is 16.6. The van der Waals surface area contributed by atoms with E-state index in [0.29, 0.717) is 28.4 Å². The van der Waals surface area contributed by atoms with Crippen molar-refractivity contribution in [2.45, 2.75) is 13.5 Å². The van der Waals surface area contributed by atoms with Gasteiger partial charge >= 0.3 is 0 Å². The number of benzene rings is 4. The van der Waals surface area contributed by atoms with Crippen LogP contribution in [0, 0.1) is 16.7 Å². The van der Waals surface area contributed by atoms with E-state index in [0.717, 1.165) is 11.1 Å². The third-order valence-corrected chi connectivity index (χ3v) is 6.05. The van der Waals surface area contributed by atoms with Crippen molar-refractivity contribution in [3.63, 3.8) is 0 Å². The normalized spacial score (nSPS) is 10.9. The fourth-order valence-electron chi connectivity index (χ4n) is 4.72. The number of carbonyl (C=O) groups excluding carboxylic acids is 1. The summed E-state index contributed by atoms with van der Waals surface area (Å²) in [6.07, 6.45) is 0. The molecule has 0 fully saturated rings. The lowest BCUT2D eigenvalue weighted by atomic mass is 9.91. The molecule has 0 spiro atoms. The molecule has 0 aliphatic rings. The predicted octanol–water partition coefficient (Wildman–Crippen LogP) is 7.17. The Morgan fingerprint density at radius 2 is 1.59 bits per heavy atom. The number of rotatable bonds is 5. The first-order valence-corrected chi connectivity index (χ1v) is 10.8. The number of nitro benzene ring substituents is 1. The third-order valence-electron chi connectivity index (χ3n) is 6.05. The molecule has 0 bridgehead atoms. The average Bonchev–Trinajstić information content (AvgIpc) is 3.17. The molecular formula is C28H19N3O3. The third kappa shape index (κ3) is 3.23. The number of carbonyl (C=O) groups is 1. The number of hydrogen-bond donors (Lipinski definition) is 0. The summed E-state index contributed by atoms with van der Waals surface area (Å²) in [4.78, 5) is 28.9. The average molecular weight is 445 g/mol. The zero-order valence-electron chi connectivity index (χ0n) is 18.4. The van der Waals surface area contributed by atoms with Crippen LogP contribution < -0.4 is 0 Å². The molecule has 164 valence electrons. The summed E-state index contributed by atoms with van der Waals surface area (Å²) in [6.45, 7) is 9.74. The summed E-state index contributed by atoms with van der Waals surface area (Å²) in [5, 5.41) is 13.8. The van der Waals surface area contributed by atoms with Gasteiger partial charge in [0.15, 0.2) is 0 Å². The van der Waals surface area contributed by atoms with Crippen molar-refractivity contribution in [2.24, 2.45) is 0 Å². The van der Waals surface area contributed by atoms with Crippen molar-refractivity contribution in [2.75, 3.05) is 0 Å². The van der Waals surface area contributed by atoms with Crippen LogP contribution >= 0.6 is 0 Å². The van der Waals surface area contributed by atoms with Gasteiger partial charge in [-0.15, -0.1) is 0 Å². The molecular weight excluding hydrogens is 426 g/mol. The second-order valence-corrected chi connectivity index (χ2v) is 8.05. The Balaban J connectivity index is 2.06. The molecule has 1 heterocycles. The lowest BCUT2D eigenvalue weighted by Gasteiger charge is -2.15. The molecule has 6 heteroatoms. The lowest BCUT2D eigenvalue weighted by molar-refractivity contribution is -0.382. The maximum absolute atomic E-state index is 12.9. The van der Waals surface area contributed by atoms with Crippen molar-refractivity contribution in [3.8, 4) is 11.1 Å². The second-order valence-electron chi connectivity index (χ2n) is 8.05. The molecule has 0 amide bonds. The maximum atomic E-state index is 12.9. The van der Waals surface area contributed by atoms with Crippen molar-refractivity contribution in [1.29, 1.82) is 0 Å². The number of fused-ring (bicyclic) bond motifs is 3. The highest BCUT2D eigenvalue weighted by molar-refractivity contribution is 6.25. The monoisotopic (exact) mass is 445 g/mol. The van der Waals surface area contributed by atoms with Crippen LogP contribution in [0.15, 0.2) is 84.9 Å². The molecule has 5 rings (SSSR count). The molecule has 34 heavy (non-hydrogen) atoms. The van der Waals surface area contributed by atoms with Gasteiger partial charge in [-0.05, 0) is 29.5 Å². The van der Waals surface area contributed by atoms with Crippen molar-refractivity contribution in [3.05, 3.63) is 118 Å². The zero-order chi connectivity index (χ0) is 23.8. The van der Waals surface area contributed by atoms with Crippen molar-refractivity contribution >= 4 is 39.0 Å². The van der Waals surface area contributed by atoms with Crippen LogP contribution in [0.5, 0.6) is 0 Å². The molecule has 0 unspecified atom stereocenters. The molecule has 0 N–H and O–H groups in total. The summed E-state index contributed by atoms with van der Waals surface area (Å²) in [5.74, 6) is -0.380. The first-order valence-electron chi connectivity index (χ1n) is 10.8. The minimum atomic E-state index is -0.425. The Morgan fingerprint density at radius 1 is 0.971 bits per heavy atom. The first-order chi connectivity index (χ1) is 16.5. The van der Waals surface area contributed by atoms with E-state index >= 15 is 0 Å². The maximum Gasteiger partial charge on any atom is 0.299 e. The van der Waals surface area contributed by atoms with Gasteiger partial charge in [0.25, 0.3) is 5.69 Å². The summed E-state index contributed by atoms with van der Waals surface area (Å²) in [7, 11) is 0. The lowest BCUT2D eigenvalue weighted by Crippen LogP contribution is -2.06. The van der Waals surface area contributed by atoms with E-state index in [-0.39, 0.29) is 28.3 Å². The topological polar surface area (TPSA) is 69.5 Å². The van der Waals surface area contributed by atoms with Gasteiger partial charge in [0, 0.05) is 23.0 Å². The summed E-state index contributed by atoms with van der Waals surface area (Å²) >= 11 is 0. The summed E-state index contributed by atoms with van der Waals surface area (Å²) in [6, 6.07) is 26.0. The van der Waals surface area contributed by atoms with Gasteiger partial charge in [0.2, 0.25) is 5.69 Å². The highest BCUT2D eigenvalue weighted by Crippen LogP contribution is 2.49. The van der Waals surface area contributed by atoms with E-state index in [1.54, 1.807) is 24.3 Å². The fourth-order valence-corrected chi connectivity index (χ4v) is 4.72. The Hall–Kier alpha value is -4.76.